The highest BCUT2D eigenvalue weighted by molar-refractivity contribution is 7.85. The smallest absolute Gasteiger partial charge is 0.269 e. The summed E-state index contributed by atoms with van der Waals surface area (Å²) in [6.45, 7) is 1.25. The maximum atomic E-state index is 10.8. The molecule has 0 bridgehead atoms. The lowest BCUT2D eigenvalue weighted by Crippen LogP contribution is -2.26. The highest BCUT2D eigenvalue weighted by Gasteiger charge is 2.24. The van der Waals surface area contributed by atoms with Gasteiger partial charge >= 0.3 is 0 Å². The van der Waals surface area contributed by atoms with Crippen LogP contribution in [0, 0.1) is 0 Å². The molecule has 1 aromatic carbocycles. The number of ether oxygens (including phenoxy) is 1. The van der Waals surface area contributed by atoms with E-state index in [1.165, 1.54) is 0 Å². The normalized spacial score (nSPS) is 17.4. The van der Waals surface area contributed by atoms with E-state index in [9.17, 15) is 8.42 Å². The van der Waals surface area contributed by atoms with Gasteiger partial charge in [0.05, 0.1) is 13.2 Å². The van der Waals surface area contributed by atoms with Gasteiger partial charge in [0.2, 0.25) is 0 Å². The Kier molecular flexibility index (Phi) is 2.77. The summed E-state index contributed by atoms with van der Waals surface area (Å²) in [5.41, 5.74) is 1.62. The SMILES string of the molecule is O=S(=O)(O)Cc1ccccc1C1COC1. The summed E-state index contributed by atoms with van der Waals surface area (Å²) in [6, 6.07) is 7.24. The Labute approximate surface area is 88.6 Å². The van der Waals surface area contributed by atoms with E-state index in [-0.39, 0.29) is 11.7 Å². The van der Waals surface area contributed by atoms with Gasteiger partial charge in [-0.3, -0.25) is 4.55 Å². The molecule has 1 saturated heterocycles. The molecule has 0 saturated carbocycles. The summed E-state index contributed by atoms with van der Waals surface area (Å²) in [5.74, 6) is -0.0531. The first-order valence-corrected chi connectivity index (χ1v) is 6.28. The molecule has 1 N–H and O–H groups in total. The summed E-state index contributed by atoms with van der Waals surface area (Å²) < 4.78 is 35.5. The van der Waals surface area contributed by atoms with Crippen LogP contribution in [0.1, 0.15) is 17.0 Å². The van der Waals surface area contributed by atoms with Gasteiger partial charge in [-0.05, 0) is 11.1 Å². The fourth-order valence-electron chi connectivity index (χ4n) is 1.68. The van der Waals surface area contributed by atoms with Crippen molar-refractivity contribution in [1.29, 1.82) is 0 Å². The third-order valence-corrected chi connectivity index (χ3v) is 3.15. The van der Waals surface area contributed by atoms with Gasteiger partial charge in [0.15, 0.2) is 0 Å². The Bertz CT molecular complexity index is 448. The molecule has 1 heterocycles. The van der Waals surface area contributed by atoms with Crippen molar-refractivity contribution in [2.24, 2.45) is 0 Å². The second-order valence-electron chi connectivity index (χ2n) is 3.66. The van der Waals surface area contributed by atoms with Crippen LogP contribution in [-0.4, -0.2) is 26.2 Å². The second-order valence-corrected chi connectivity index (χ2v) is 5.11. The van der Waals surface area contributed by atoms with Crippen molar-refractivity contribution in [1.82, 2.24) is 0 Å². The molecular formula is C10H12O4S. The minimum absolute atomic E-state index is 0.267. The summed E-state index contributed by atoms with van der Waals surface area (Å²) in [4.78, 5) is 0. The van der Waals surface area contributed by atoms with Crippen LogP contribution in [0.25, 0.3) is 0 Å². The lowest BCUT2D eigenvalue weighted by molar-refractivity contribution is 0.00813. The van der Waals surface area contributed by atoms with Gasteiger partial charge in [-0.2, -0.15) is 8.42 Å². The second kappa shape index (κ2) is 3.92. The highest BCUT2D eigenvalue weighted by atomic mass is 32.2. The fraction of sp³-hybridized carbons (Fsp3) is 0.400. The molecule has 0 atom stereocenters. The van der Waals surface area contributed by atoms with Crippen LogP contribution < -0.4 is 0 Å². The van der Waals surface area contributed by atoms with Crippen LogP contribution >= 0.6 is 0 Å². The molecule has 4 nitrogen and oxygen atoms in total. The van der Waals surface area contributed by atoms with E-state index in [1.807, 2.05) is 12.1 Å². The highest BCUT2D eigenvalue weighted by Crippen LogP contribution is 2.27. The number of rotatable bonds is 3. The van der Waals surface area contributed by atoms with E-state index in [2.05, 4.69) is 0 Å². The van der Waals surface area contributed by atoms with Crippen molar-refractivity contribution < 1.29 is 17.7 Å². The molecule has 1 aromatic rings. The van der Waals surface area contributed by atoms with Crippen LogP contribution in [0.3, 0.4) is 0 Å². The zero-order valence-corrected chi connectivity index (χ0v) is 8.90. The lowest BCUT2D eigenvalue weighted by Gasteiger charge is -2.28. The minimum Gasteiger partial charge on any atom is -0.380 e. The van der Waals surface area contributed by atoms with E-state index < -0.39 is 10.1 Å². The zero-order chi connectivity index (χ0) is 10.9. The molecule has 0 unspecified atom stereocenters. The molecule has 82 valence electrons. The van der Waals surface area contributed by atoms with Gasteiger partial charge in [0.1, 0.15) is 5.75 Å². The molecule has 0 aliphatic carbocycles. The third-order valence-electron chi connectivity index (χ3n) is 2.47. The first-order valence-electron chi connectivity index (χ1n) is 4.67. The summed E-state index contributed by atoms with van der Waals surface area (Å²) in [5, 5.41) is 0. The zero-order valence-electron chi connectivity index (χ0n) is 8.09. The van der Waals surface area contributed by atoms with Crippen molar-refractivity contribution in [2.45, 2.75) is 11.7 Å². The van der Waals surface area contributed by atoms with Gasteiger partial charge in [0.25, 0.3) is 10.1 Å². The Morgan fingerprint density at radius 2 is 2.00 bits per heavy atom. The average Bonchev–Trinajstić information content (AvgIpc) is 2.02. The summed E-state index contributed by atoms with van der Waals surface area (Å²) in [6.07, 6.45) is 0. The molecular weight excluding hydrogens is 216 g/mol. The molecule has 0 spiro atoms. The number of hydrogen-bond acceptors (Lipinski definition) is 3. The van der Waals surface area contributed by atoms with Crippen molar-refractivity contribution in [3.8, 4) is 0 Å². The van der Waals surface area contributed by atoms with Crippen LogP contribution in [0.15, 0.2) is 24.3 Å². The van der Waals surface area contributed by atoms with Crippen LogP contribution in [0.5, 0.6) is 0 Å². The largest absolute Gasteiger partial charge is 0.380 e. The van der Waals surface area contributed by atoms with Crippen molar-refractivity contribution in [2.75, 3.05) is 13.2 Å². The Morgan fingerprint density at radius 3 is 2.53 bits per heavy atom. The van der Waals surface area contributed by atoms with Gasteiger partial charge in [-0.1, -0.05) is 24.3 Å². The molecule has 0 amide bonds. The first-order chi connectivity index (χ1) is 7.06. The third kappa shape index (κ3) is 2.56. The molecule has 0 aromatic heterocycles. The van der Waals surface area contributed by atoms with Gasteiger partial charge in [-0.25, -0.2) is 0 Å². The monoisotopic (exact) mass is 228 g/mol. The molecule has 15 heavy (non-hydrogen) atoms. The Morgan fingerprint density at radius 1 is 1.33 bits per heavy atom. The maximum Gasteiger partial charge on any atom is 0.269 e. The summed E-state index contributed by atoms with van der Waals surface area (Å²) >= 11 is 0. The molecule has 1 fully saturated rings. The van der Waals surface area contributed by atoms with Crippen molar-refractivity contribution >= 4 is 10.1 Å². The number of benzene rings is 1. The van der Waals surface area contributed by atoms with E-state index in [1.54, 1.807) is 12.1 Å². The van der Waals surface area contributed by atoms with Crippen molar-refractivity contribution in [3.05, 3.63) is 35.4 Å². The standard InChI is InChI=1S/C10H12O4S/c11-15(12,13)7-8-3-1-2-4-10(8)9-5-14-6-9/h1-4,9H,5-7H2,(H,11,12,13). The van der Waals surface area contributed by atoms with Crippen molar-refractivity contribution in [3.63, 3.8) is 0 Å². The quantitative estimate of drug-likeness (QED) is 0.789. The van der Waals surface area contributed by atoms with Crippen LogP contribution in [-0.2, 0) is 20.6 Å². The predicted octanol–water partition coefficient (Wildman–Crippen LogP) is 1.19. The van der Waals surface area contributed by atoms with E-state index in [0.29, 0.717) is 18.8 Å². The van der Waals surface area contributed by atoms with Gasteiger partial charge < -0.3 is 4.74 Å². The Balaban J connectivity index is 2.29. The van der Waals surface area contributed by atoms with E-state index >= 15 is 0 Å². The topological polar surface area (TPSA) is 63.6 Å². The van der Waals surface area contributed by atoms with Gasteiger partial charge in [0, 0.05) is 5.92 Å². The van der Waals surface area contributed by atoms with Crippen LogP contribution in [0.2, 0.25) is 0 Å². The average molecular weight is 228 g/mol. The first kappa shape index (κ1) is 10.6. The molecule has 1 aliphatic heterocycles. The van der Waals surface area contributed by atoms with Crippen LogP contribution in [0.4, 0.5) is 0 Å². The number of hydrogen-bond donors (Lipinski definition) is 1. The molecule has 2 rings (SSSR count). The van der Waals surface area contributed by atoms with E-state index in [4.69, 9.17) is 9.29 Å². The van der Waals surface area contributed by atoms with Gasteiger partial charge in [-0.15, -0.1) is 0 Å². The molecule has 5 heteroatoms. The Hall–Kier alpha value is -0.910. The lowest BCUT2D eigenvalue weighted by atomic mass is 9.94. The van der Waals surface area contributed by atoms with E-state index in [0.717, 1.165) is 5.56 Å². The minimum atomic E-state index is -3.96. The summed E-state index contributed by atoms with van der Waals surface area (Å²) in [7, 11) is -3.96. The molecule has 1 aliphatic rings. The predicted molar refractivity (Wildman–Crippen MR) is 55.3 cm³/mol. The maximum absolute atomic E-state index is 10.8. The molecule has 0 radical (unpaired) electrons. The fourth-order valence-corrected chi connectivity index (χ4v) is 2.33.